The number of hydrogen-bond donors (Lipinski definition) is 2. The number of nitrogens with one attached hydrogen (secondary N) is 1. The molecule has 7 heteroatoms. The molecule has 1 aromatic carbocycles. The Morgan fingerprint density at radius 1 is 1.24 bits per heavy atom. The van der Waals surface area contributed by atoms with Crippen molar-refractivity contribution in [3.05, 3.63) is 35.5 Å². The topological polar surface area (TPSA) is 59.6 Å². The van der Waals surface area contributed by atoms with E-state index >= 15 is 0 Å². The molecule has 0 aliphatic carbocycles. The van der Waals surface area contributed by atoms with Crippen LogP contribution in [-0.4, -0.2) is 14.8 Å². The Kier molecular flexibility index (Phi) is 2.76. The Balaban J connectivity index is 2.35. The first-order valence-electron chi connectivity index (χ1n) is 6.26. The van der Waals surface area contributed by atoms with Gasteiger partial charge < -0.3 is 10.3 Å². The lowest BCUT2D eigenvalue weighted by Gasteiger charge is -2.07. The molecular formula is C14H13F3N4. The third-order valence-corrected chi connectivity index (χ3v) is 3.69. The molecular weight excluding hydrogens is 281 g/mol. The van der Waals surface area contributed by atoms with Gasteiger partial charge in [-0.25, -0.2) is 0 Å². The smallest absolute Gasteiger partial charge is 0.382 e. The Labute approximate surface area is 118 Å². The van der Waals surface area contributed by atoms with E-state index in [0.29, 0.717) is 22.5 Å². The van der Waals surface area contributed by atoms with Crippen LogP contribution in [0.15, 0.2) is 24.3 Å². The van der Waals surface area contributed by atoms with E-state index in [1.165, 1.54) is 6.07 Å². The van der Waals surface area contributed by atoms with Crippen molar-refractivity contribution in [3.63, 3.8) is 0 Å². The highest BCUT2D eigenvalue weighted by Crippen LogP contribution is 2.37. The van der Waals surface area contributed by atoms with Crippen LogP contribution in [0.25, 0.3) is 22.2 Å². The standard InChI is InChI=1S/C14H13F3N4/c1-7-13(10-6-12(18)20-19-10)9-5-8(14(15,16)17)3-4-11(9)21(7)2/h3-6H,1-2H3,(H3,18,19,20). The predicted molar refractivity (Wildman–Crippen MR) is 74.7 cm³/mol. The molecule has 3 rings (SSSR count). The predicted octanol–water partition coefficient (Wildman–Crippen LogP) is 3.48. The summed E-state index contributed by atoms with van der Waals surface area (Å²) in [4.78, 5) is 0. The quantitative estimate of drug-likeness (QED) is 0.722. The van der Waals surface area contributed by atoms with Crippen LogP contribution in [0.1, 0.15) is 11.3 Å². The molecule has 2 heterocycles. The maximum absolute atomic E-state index is 12.9. The second-order valence-corrected chi connectivity index (χ2v) is 4.96. The number of aromatic nitrogens is 3. The number of nitrogen functional groups attached to an aromatic ring is 1. The Morgan fingerprint density at radius 2 is 1.95 bits per heavy atom. The number of aryl methyl sites for hydroxylation is 1. The molecule has 0 aliphatic heterocycles. The zero-order valence-corrected chi connectivity index (χ0v) is 11.4. The van der Waals surface area contributed by atoms with Gasteiger partial charge >= 0.3 is 6.18 Å². The molecule has 0 bridgehead atoms. The molecule has 4 nitrogen and oxygen atoms in total. The van der Waals surface area contributed by atoms with Crippen molar-refractivity contribution < 1.29 is 13.2 Å². The number of nitrogens with zero attached hydrogens (tertiary/aromatic N) is 2. The lowest BCUT2D eigenvalue weighted by atomic mass is 10.1. The second kappa shape index (κ2) is 4.28. The zero-order chi connectivity index (χ0) is 15.4. The summed E-state index contributed by atoms with van der Waals surface area (Å²) in [6, 6.07) is 5.35. The molecule has 0 saturated carbocycles. The van der Waals surface area contributed by atoms with Gasteiger partial charge in [-0.2, -0.15) is 18.3 Å². The summed E-state index contributed by atoms with van der Waals surface area (Å²) in [6.45, 7) is 1.85. The number of alkyl halides is 3. The molecule has 0 unspecified atom stereocenters. The number of anilines is 1. The minimum atomic E-state index is -4.37. The molecule has 3 N–H and O–H groups in total. The van der Waals surface area contributed by atoms with Gasteiger partial charge in [-0.05, 0) is 25.1 Å². The van der Waals surface area contributed by atoms with Crippen LogP contribution in [0.5, 0.6) is 0 Å². The van der Waals surface area contributed by atoms with Crippen LogP contribution in [0.4, 0.5) is 19.0 Å². The number of hydrogen-bond acceptors (Lipinski definition) is 2. The number of nitrogens with two attached hydrogens (primary N) is 1. The van der Waals surface area contributed by atoms with Gasteiger partial charge in [0.1, 0.15) is 5.82 Å². The summed E-state index contributed by atoms with van der Waals surface area (Å²) in [5.41, 5.74) is 7.77. The SMILES string of the molecule is Cc1c(-c2cc(N)n[nH]2)c2cc(C(F)(F)F)ccc2n1C. The molecule has 21 heavy (non-hydrogen) atoms. The van der Waals surface area contributed by atoms with Gasteiger partial charge in [-0.3, -0.25) is 5.10 Å². The summed E-state index contributed by atoms with van der Waals surface area (Å²) in [5.74, 6) is 0.299. The highest BCUT2D eigenvalue weighted by molar-refractivity contribution is 5.97. The van der Waals surface area contributed by atoms with E-state index in [1.54, 1.807) is 6.07 Å². The normalized spacial score (nSPS) is 12.2. The van der Waals surface area contributed by atoms with Gasteiger partial charge in [0, 0.05) is 35.3 Å². The van der Waals surface area contributed by atoms with Crippen LogP contribution >= 0.6 is 0 Å². The molecule has 0 radical (unpaired) electrons. The maximum atomic E-state index is 12.9. The van der Waals surface area contributed by atoms with Crippen LogP contribution in [0.3, 0.4) is 0 Å². The van der Waals surface area contributed by atoms with Crippen molar-refractivity contribution >= 4 is 16.7 Å². The van der Waals surface area contributed by atoms with E-state index in [9.17, 15) is 13.2 Å². The molecule has 0 saturated heterocycles. The van der Waals surface area contributed by atoms with Crippen molar-refractivity contribution in [1.82, 2.24) is 14.8 Å². The molecule has 110 valence electrons. The van der Waals surface area contributed by atoms with Crippen molar-refractivity contribution in [1.29, 1.82) is 0 Å². The molecule has 0 atom stereocenters. The van der Waals surface area contributed by atoms with E-state index in [2.05, 4.69) is 10.2 Å². The van der Waals surface area contributed by atoms with E-state index in [4.69, 9.17) is 5.73 Å². The van der Waals surface area contributed by atoms with Crippen LogP contribution < -0.4 is 5.73 Å². The molecule has 2 aromatic heterocycles. The minimum absolute atomic E-state index is 0.299. The highest BCUT2D eigenvalue weighted by Gasteiger charge is 2.31. The second-order valence-electron chi connectivity index (χ2n) is 4.96. The Hall–Kier alpha value is -2.44. The summed E-state index contributed by atoms with van der Waals surface area (Å²) < 4.78 is 40.6. The Morgan fingerprint density at radius 3 is 2.52 bits per heavy atom. The first-order chi connectivity index (χ1) is 9.79. The lowest BCUT2D eigenvalue weighted by Crippen LogP contribution is -2.04. The number of H-pyrrole nitrogens is 1. The van der Waals surface area contributed by atoms with E-state index < -0.39 is 11.7 Å². The summed E-state index contributed by atoms with van der Waals surface area (Å²) >= 11 is 0. The van der Waals surface area contributed by atoms with E-state index in [1.807, 2.05) is 18.5 Å². The summed E-state index contributed by atoms with van der Waals surface area (Å²) in [7, 11) is 1.81. The maximum Gasteiger partial charge on any atom is 0.416 e. The number of halogens is 3. The average Bonchev–Trinajstić information content (AvgIpc) is 2.92. The van der Waals surface area contributed by atoms with Crippen molar-refractivity contribution in [2.45, 2.75) is 13.1 Å². The zero-order valence-electron chi connectivity index (χ0n) is 11.4. The molecule has 0 spiro atoms. The fourth-order valence-corrected chi connectivity index (χ4v) is 2.55. The monoisotopic (exact) mass is 294 g/mol. The van der Waals surface area contributed by atoms with Crippen LogP contribution in [0, 0.1) is 6.92 Å². The van der Waals surface area contributed by atoms with Crippen LogP contribution in [-0.2, 0) is 13.2 Å². The van der Waals surface area contributed by atoms with E-state index in [-0.39, 0.29) is 0 Å². The van der Waals surface area contributed by atoms with Crippen molar-refractivity contribution in [2.24, 2.45) is 7.05 Å². The van der Waals surface area contributed by atoms with Gasteiger partial charge in [0.15, 0.2) is 0 Å². The third kappa shape index (κ3) is 2.05. The van der Waals surface area contributed by atoms with Crippen molar-refractivity contribution in [3.8, 4) is 11.3 Å². The summed E-state index contributed by atoms with van der Waals surface area (Å²) in [5, 5.41) is 7.12. The lowest BCUT2D eigenvalue weighted by molar-refractivity contribution is -0.137. The number of rotatable bonds is 1. The molecule has 0 fully saturated rings. The van der Waals surface area contributed by atoms with Crippen molar-refractivity contribution in [2.75, 3.05) is 5.73 Å². The highest BCUT2D eigenvalue weighted by atomic mass is 19.4. The fraction of sp³-hybridized carbons (Fsp3) is 0.214. The largest absolute Gasteiger partial charge is 0.416 e. The molecule has 0 amide bonds. The van der Waals surface area contributed by atoms with Gasteiger partial charge in [0.25, 0.3) is 0 Å². The van der Waals surface area contributed by atoms with Gasteiger partial charge in [0.05, 0.1) is 11.3 Å². The van der Waals surface area contributed by atoms with Crippen LogP contribution in [0.2, 0.25) is 0 Å². The van der Waals surface area contributed by atoms with Gasteiger partial charge in [-0.1, -0.05) is 0 Å². The Bertz CT molecular complexity index is 827. The van der Waals surface area contributed by atoms with Gasteiger partial charge in [0.2, 0.25) is 0 Å². The first kappa shape index (κ1) is 13.5. The fourth-order valence-electron chi connectivity index (χ4n) is 2.55. The minimum Gasteiger partial charge on any atom is -0.382 e. The average molecular weight is 294 g/mol. The molecule has 0 aliphatic rings. The number of aromatic amines is 1. The van der Waals surface area contributed by atoms with Gasteiger partial charge in [-0.15, -0.1) is 0 Å². The summed E-state index contributed by atoms with van der Waals surface area (Å²) in [6.07, 6.45) is -4.37. The number of fused-ring (bicyclic) bond motifs is 1. The van der Waals surface area contributed by atoms with E-state index in [0.717, 1.165) is 23.3 Å². The number of benzene rings is 1. The molecule has 3 aromatic rings. The first-order valence-corrected chi connectivity index (χ1v) is 6.26. The third-order valence-electron chi connectivity index (χ3n) is 3.69.